The van der Waals surface area contributed by atoms with Crippen LogP contribution in [0.1, 0.15) is 0 Å². The van der Waals surface area contributed by atoms with Crippen molar-refractivity contribution in [1.29, 1.82) is 0 Å². The summed E-state index contributed by atoms with van der Waals surface area (Å²) in [5.41, 5.74) is 0. The number of anilines is 1. The van der Waals surface area contributed by atoms with Crippen molar-refractivity contribution in [2.45, 2.75) is 12.3 Å². The topological polar surface area (TPSA) is 34.1 Å². The number of alkyl halides is 3. The van der Waals surface area contributed by atoms with Crippen molar-refractivity contribution in [2.75, 3.05) is 19.0 Å². The molecule has 1 rings (SSSR count). The number of nitrogens with one attached hydrogen (secondary N) is 1. The lowest BCUT2D eigenvalue weighted by Crippen LogP contribution is -2.37. The summed E-state index contributed by atoms with van der Waals surface area (Å²) in [4.78, 5) is 3.83. The Bertz CT molecular complexity index is 289. The van der Waals surface area contributed by atoms with Crippen molar-refractivity contribution < 1.29 is 17.9 Å². The fourth-order valence-corrected chi connectivity index (χ4v) is 0.997. The summed E-state index contributed by atoms with van der Waals surface area (Å²) in [7, 11) is 1.03. The van der Waals surface area contributed by atoms with Gasteiger partial charge in [0.25, 0.3) is 0 Å². The Hall–Kier alpha value is -1.30. The molecule has 0 aromatic carbocycles. The number of rotatable bonds is 4. The molecule has 0 aliphatic rings. The first-order valence-corrected chi connectivity index (χ1v) is 4.28. The highest BCUT2D eigenvalue weighted by molar-refractivity contribution is 5.33. The van der Waals surface area contributed by atoms with Gasteiger partial charge in [-0.1, -0.05) is 6.07 Å². The molecule has 1 aromatic heterocycles. The van der Waals surface area contributed by atoms with Crippen LogP contribution in [0.3, 0.4) is 0 Å². The minimum Gasteiger partial charge on any atom is -0.370 e. The maximum Gasteiger partial charge on any atom is 0.416 e. The van der Waals surface area contributed by atoms with E-state index in [2.05, 4.69) is 15.0 Å². The molecule has 0 spiro atoms. The Balaban J connectivity index is 2.49. The third-order valence-corrected chi connectivity index (χ3v) is 1.78. The zero-order chi connectivity index (χ0) is 11.3. The minimum atomic E-state index is -4.36. The summed E-state index contributed by atoms with van der Waals surface area (Å²) >= 11 is 0. The lowest BCUT2D eigenvalue weighted by Gasteiger charge is -2.19. The third-order valence-electron chi connectivity index (χ3n) is 1.78. The zero-order valence-electron chi connectivity index (χ0n) is 8.08. The smallest absolute Gasteiger partial charge is 0.370 e. The molecule has 1 N–H and O–H groups in total. The van der Waals surface area contributed by atoms with E-state index >= 15 is 0 Å². The number of hydrogen-bond donors (Lipinski definition) is 1. The fourth-order valence-electron chi connectivity index (χ4n) is 0.997. The Labute approximate surface area is 85.3 Å². The molecule has 6 heteroatoms. The molecule has 0 aliphatic heterocycles. The molecule has 84 valence electrons. The van der Waals surface area contributed by atoms with Crippen molar-refractivity contribution >= 4 is 5.82 Å². The van der Waals surface area contributed by atoms with Gasteiger partial charge in [-0.3, -0.25) is 0 Å². The number of aromatic nitrogens is 1. The second-order valence-corrected chi connectivity index (χ2v) is 2.86. The summed E-state index contributed by atoms with van der Waals surface area (Å²) in [6.07, 6.45) is -4.69. The first kappa shape index (κ1) is 11.8. The van der Waals surface area contributed by atoms with Gasteiger partial charge in [-0.25, -0.2) is 4.98 Å². The van der Waals surface area contributed by atoms with Crippen LogP contribution in [0, 0.1) is 0 Å². The van der Waals surface area contributed by atoms with E-state index in [1.807, 2.05) is 0 Å². The van der Waals surface area contributed by atoms with Crippen LogP contribution < -0.4 is 5.32 Å². The van der Waals surface area contributed by atoms with Crippen molar-refractivity contribution in [1.82, 2.24) is 4.98 Å². The molecule has 1 heterocycles. The van der Waals surface area contributed by atoms with Crippen LogP contribution in [-0.4, -0.2) is 30.9 Å². The Morgan fingerprint density at radius 3 is 2.67 bits per heavy atom. The molecule has 0 bridgehead atoms. The van der Waals surface area contributed by atoms with E-state index in [-0.39, 0.29) is 6.54 Å². The highest BCUT2D eigenvalue weighted by Gasteiger charge is 2.39. The van der Waals surface area contributed by atoms with Crippen molar-refractivity contribution in [3.63, 3.8) is 0 Å². The molecule has 15 heavy (non-hydrogen) atoms. The molecule has 0 saturated heterocycles. The molecule has 0 amide bonds. The second-order valence-electron chi connectivity index (χ2n) is 2.86. The molecule has 3 nitrogen and oxygen atoms in total. The first-order valence-electron chi connectivity index (χ1n) is 4.28. The molecule has 0 aliphatic carbocycles. The normalized spacial score (nSPS) is 13.6. The van der Waals surface area contributed by atoms with Gasteiger partial charge >= 0.3 is 6.18 Å². The van der Waals surface area contributed by atoms with Crippen LogP contribution in [0.4, 0.5) is 19.0 Å². The molecule has 0 saturated carbocycles. The molecule has 1 aromatic rings. The van der Waals surface area contributed by atoms with Crippen LogP contribution in [0.5, 0.6) is 0 Å². The summed E-state index contributed by atoms with van der Waals surface area (Å²) in [6, 6.07) is 4.95. The number of pyridine rings is 1. The van der Waals surface area contributed by atoms with Crippen LogP contribution in [0.25, 0.3) is 0 Å². The van der Waals surface area contributed by atoms with E-state index in [1.165, 1.54) is 6.20 Å². The highest BCUT2D eigenvalue weighted by Crippen LogP contribution is 2.22. The minimum absolute atomic E-state index is 0.350. The van der Waals surface area contributed by atoms with Gasteiger partial charge in [-0.05, 0) is 12.1 Å². The molecule has 0 radical (unpaired) electrons. The zero-order valence-corrected chi connectivity index (χ0v) is 8.08. The average Bonchev–Trinajstić information content (AvgIpc) is 2.18. The predicted molar refractivity (Wildman–Crippen MR) is 49.6 cm³/mol. The van der Waals surface area contributed by atoms with Gasteiger partial charge in [0.15, 0.2) is 6.10 Å². The third kappa shape index (κ3) is 3.75. The predicted octanol–water partition coefficient (Wildman–Crippen LogP) is 2.07. The van der Waals surface area contributed by atoms with Gasteiger partial charge in [0, 0.05) is 13.3 Å². The lowest BCUT2D eigenvalue weighted by molar-refractivity contribution is -0.207. The van der Waals surface area contributed by atoms with Crippen molar-refractivity contribution in [2.24, 2.45) is 0 Å². The Morgan fingerprint density at radius 1 is 1.47 bits per heavy atom. The number of ether oxygens (including phenoxy) is 1. The molecule has 1 atom stereocenters. The summed E-state index contributed by atoms with van der Waals surface area (Å²) in [5, 5.41) is 2.55. The van der Waals surface area contributed by atoms with E-state index in [9.17, 15) is 13.2 Å². The van der Waals surface area contributed by atoms with E-state index < -0.39 is 12.3 Å². The highest BCUT2D eigenvalue weighted by atomic mass is 19.4. The fraction of sp³-hybridized carbons (Fsp3) is 0.444. The molecule has 0 fully saturated rings. The second kappa shape index (κ2) is 4.97. The van der Waals surface area contributed by atoms with Crippen LogP contribution in [0.2, 0.25) is 0 Å². The van der Waals surface area contributed by atoms with E-state index in [4.69, 9.17) is 0 Å². The number of halogens is 3. The summed E-state index contributed by atoms with van der Waals surface area (Å²) in [5.74, 6) is 0.392. The number of methoxy groups -OCH3 is 1. The molecule has 0 unspecified atom stereocenters. The SMILES string of the molecule is CO[C@H](CNc1ccccn1)C(F)(F)F. The van der Waals surface area contributed by atoms with Gasteiger partial charge in [0.2, 0.25) is 0 Å². The van der Waals surface area contributed by atoms with Gasteiger partial charge < -0.3 is 10.1 Å². The van der Waals surface area contributed by atoms with Gasteiger partial charge in [0.1, 0.15) is 5.82 Å². The van der Waals surface area contributed by atoms with Crippen LogP contribution in [-0.2, 0) is 4.74 Å². The van der Waals surface area contributed by atoms with Gasteiger partial charge in [-0.15, -0.1) is 0 Å². The van der Waals surface area contributed by atoms with Gasteiger partial charge in [0.05, 0.1) is 6.54 Å². The van der Waals surface area contributed by atoms with Crippen LogP contribution in [0.15, 0.2) is 24.4 Å². The Morgan fingerprint density at radius 2 is 2.20 bits per heavy atom. The average molecular weight is 220 g/mol. The van der Waals surface area contributed by atoms with Crippen LogP contribution >= 0.6 is 0 Å². The van der Waals surface area contributed by atoms with E-state index in [0.717, 1.165) is 7.11 Å². The largest absolute Gasteiger partial charge is 0.416 e. The molecular formula is C9H11F3N2O. The van der Waals surface area contributed by atoms with Gasteiger partial charge in [-0.2, -0.15) is 13.2 Å². The lowest BCUT2D eigenvalue weighted by atomic mass is 10.3. The summed E-state index contributed by atoms with van der Waals surface area (Å²) in [6.45, 7) is -0.350. The Kier molecular flexibility index (Phi) is 3.90. The first-order chi connectivity index (χ1) is 7.04. The summed E-state index contributed by atoms with van der Waals surface area (Å²) < 4.78 is 41.0. The maximum absolute atomic E-state index is 12.2. The van der Waals surface area contributed by atoms with E-state index in [0.29, 0.717) is 5.82 Å². The number of hydrogen-bond acceptors (Lipinski definition) is 3. The number of nitrogens with zero attached hydrogens (tertiary/aromatic N) is 1. The van der Waals surface area contributed by atoms with Crippen molar-refractivity contribution in [3.8, 4) is 0 Å². The standard InChI is InChI=1S/C9H11F3N2O/c1-15-7(9(10,11)12)6-14-8-4-2-3-5-13-8/h2-5,7H,6H2,1H3,(H,13,14)/t7-/m1/s1. The molecular weight excluding hydrogens is 209 g/mol. The quantitative estimate of drug-likeness (QED) is 0.843. The monoisotopic (exact) mass is 220 g/mol. The van der Waals surface area contributed by atoms with E-state index in [1.54, 1.807) is 18.2 Å². The van der Waals surface area contributed by atoms with Crippen molar-refractivity contribution in [3.05, 3.63) is 24.4 Å². The maximum atomic E-state index is 12.2.